The van der Waals surface area contributed by atoms with Crippen LogP contribution in [-0.4, -0.2) is 50.4 Å². The summed E-state index contributed by atoms with van der Waals surface area (Å²) < 4.78 is 10.8. The summed E-state index contributed by atoms with van der Waals surface area (Å²) in [6.07, 6.45) is 4.73. The quantitative estimate of drug-likeness (QED) is 0.903. The molecule has 1 aliphatic heterocycles. The lowest BCUT2D eigenvalue weighted by atomic mass is 9.96. The summed E-state index contributed by atoms with van der Waals surface area (Å²) in [6.45, 7) is 2.78. The molecule has 5 heteroatoms. The van der Waals surface area contributed by atoms with E-state index in [2.05, 4.69) is 17.4 Å². The molecular weight excluding hydrogens is 304 g/mol. The Hall–Kier alpha value is -1.75. The molecule has 0 aromatic heterocycles. The van der Waals surface area contributed by atoms with Crippen LogP contribution >= 0.6 is 0 Å². The minimum absolute atomic E-state index is 0.0787. The molecule has 5 nitrogen and oxygen atoms in total. The Bertz CT molecular complexity index is 593. The zero-order valence-electron chi connectivity index (χ0n) is 14.3. The molecule has 3 fully saturated rings. The van der Waals surface area contributed by atoms with E-state index in [0.29, 0.717) is 32.2 Å². The molecule has 2 amide bonds. The van der Waals surface area contributed by atoms with Gasteiger partial charge in [0.25, 0.3) is 0 Å². The second-order valence-electron chi connectivity index (χ2n) is 7.34. The van der Waals surface area contributed by atoms with E-state index >= 15 is 0 Å². The first-order chi connectivity index (χ1) is 11.7. The second kappa shape index (κ2) is 6.28. The molecule has 0 bridgehead atoms. The van der Waals surface area contributed by atoms with Crippen molar-refractivity contribution in [1.82, 2.24) is 10.2 Å². The van der Waals surface area contributed by atoms with E-state index in [4.69, 9.17) is 9.47 Å². The minimum Gasteiger partial charge on any atom is -0.497 e. The number of urea groups is 1. The topological polar surface area (TPSA) is 50.8 Å². The molecule has 4 rings (SSSR count). The van der Waals surface area contributed by atoms with Crippen LogP contribution in [0.1, 0.15) is 31.2 Å². The molecule has 1 aromatic rings. The molecule has 0 spiro atoms. The SMILES string of the molecule is COc1ccc(C2(CNC(=O)N3CCOC[C@H]3C3CC3)CC2)cc1. The highest BCUT2D eigenvalue weighted by molar-refractivity contribution is 5.75. The Morgan fingerprint density at radius 3 is 2.71 bits per heavy atom. The molecule has 1 saturated heterocycles. The van der Waals surface area contributed by atoms with Crippen molar-refractivity contribution >= 4 is 6.03 Å². The van der Waals surface area contributed by atoms with Crippen molar-refractivity contribution in [2.45, 2.75) is 37.1 Å². The summed E-state index contributed by atoms with van der Waals surface area (Å²) in [4.78, 5) is 14.7. The maximum absolute atomic E-state index is 12.7. The second-order valence-corrected chi connectivity index (χ2v) is 7.34. The van der Waals surface area contributed by atoms with E-state index in [1.54, 1.807) is 7.11 Å². The predicted octanol–water partition coefficient (Wildman–Crippen LogP) is 2.55. The van der Waals surface area contributed by atoms with Crippen molar-refractivity contribution in [2.75, 3.05) is 33.4 Å². The molecule has 2 saturated carbocycles. The van der Waals surface area contributed by atoms with Gasteiger partial charge in [-0.25, -0.2) is 4.79 Å². The number of hydrogen-bond acceptors (Lipinski definition) is 3. The molecule has 1 N–H and O–H groups in total. The predicted molar refractivity (Wildman–Crippen MR) is 91.3 cm³/mol. The number of rotatable bonds is 5. The smallest absolute Gasteiger partial charge is 0.317 e. The molecule has 24 heavy (non-hydrogen) atoms. The maximum Gasteiger partial charge on any atom is 0.317 e. The Labute approximate surface area is 143 Å². The van der Waals surface area contributed by atoms with Gasteiger partial charge in [0.15, 0.2) is 0 Å². The van der Waals surface area contributed by atoms with Gasteiger partial charge < -0.3 is 19.7 Å². The van der Waals surface area contributed by atoms with Crippen molar-refractivity contribution in [3.63, 3.8) is 0 Å². The molecule has 0 unspecified atom stereocenters. The fraction of sp³-hybridized carbons (Fsp3) is 0.632. The summed E-state index contributed by atoms with van der Waals surface area (Å²) in [5, 5.41) is 3.20. The van der Waals surface area contributed by atoms with Gasteiger partial charge in [-0.2, -0.15) is 0 Å². The highest BCUT2D eigenvalue weighted by Gasteiger charge is 2.45. The highest BCUT2D eigenvalue weighted by Crippen LogP contribution is 2.48. The van der Waals surface area contributed by atoms with E-state index in [0.717, 1.165) is 18.6 Å². The average molecular weight is 330 g/mol. The number of benzene rings is 1. The Kier molecular flexibility index (Phi) is 4.12. The maximum atomic E-state index is 12.7. The van der Waals surface area contributed by atoms with E-state index in [9.17, 15) is 4.79 Å². The van der Waals surface area contributed by atoms with Crippen molar-refractivity contribution < 1.29 is 14.3 Å². The number of nitrogens with one attached hydrogen (secondary N) is 1. The fourth-order valence-electron chi connectivity index (χ4n) is 3.76. The van der Waals surface area contributed by atoms with Crippen LogP contribution in [0.25, 0.3) is 0 Å². The average Bonchev–Trinajstić information content (AvgIpc) is 3.54. The van der Waals surface area contributed by atoms with Gasteiger partial charge in [-0.05, 0) is 49.3 Å². The first-order valence-electron chi connectivity index (χ1n) is 8.99. The van der Waals surface area contributed by atoms with Crippen LogP contribution in [0.3, 0.4) is 0 Å². The number of carbonyl (C=O) groups is 1. The van der Waals surface area contributed by atoms with E-state index < -0.39 is 0 Å². The third kappa shape index (κ3) is 3.09. The molecule has 3 aliphatic rings. The molecule has 130 valence electrons. The Balaban J connectivity index is 1.37. The van der Waals surface area contributed by atoms with Gasteiger partial charge in [0.1, 0.15) is 5.75 Å². The molecule has 2 aliphatic carbocycles. The number of amides is 2. The van der Waals surface area contributed by atoms with Gasteiger partial charge in [0, 0.05) is 18.5 Å². The van der Waals surface area contributed by atoms with Crippen molar-refractivity contribution in [3.8, 4) is 5.75 Å². The molecule has 1 heterocycles. The van der Waals surface area contributed by atoms with Crippen LogP contribution < -0.4 is 10.1 Å². The highest BCUT2D eigenvalue weighted by atomic mass is 16.5. The van der Waals surface area contributed by atoms with E-state index in [1.165, 1.54) is 18.4 Å². The molecule has 0 radical (unpaired) electrons. The normalized spacial score (nSPS) is 25.2. The van der Waals surface area contributed by atoms with Gasteiger partial charge in [0.2, 0.25) is 0 Å². The van der Waals surface area contributed by atoms with Crippen LogP contribution in [-0.2, 0) is 10.2 Å². The van der Waals surface area contributed by atoms with Crippen LogP contribution in [0.15, 0.2) is 24.3 Å². The van der Waals surface area contributed by atoms with Crippen LogP contribution in [0.4, 0.5) is 4.79 Å². The summed E-state index contributed by atoms with van der Waals surface area (Å²) in [6, 6.07) is 8.61. The largest absolute Gasteiger partial charge is 0.497 e. The lowest BCUT2D eigenvalue weighted by Crippen LogP contribution is -2.54. The van der Waals surface area contributed by atoms with Gasteiger partial charge in [-0.15, -0.1) is 0 Å². The minimum atomic E-state index is 0.0787. The van der Waals surface area contributed by atoms with Gasteiger partial charge in [0.05, 0.1) is 26.4 Å². The standard InChI is InChI=1S/C19H26N2O3/c1-23-16-6-4-15(5-7-16)19(8-9-19)13-20-18(22)21-10-11-24-12-17(21)14-2-3-14/h4-7,14,17H,2-3,8-13H2,1H3,(H,20,22)/t17-/m0/s1. The first-order valence-corrected chi connectivity index (χ1v) is 8.99. The van der Waals surface area contributed by atoms with Gasteiger partial charge in [-0.1, -0.05) is 12.1 Å². The number of ether oxygens (including phenoxy) is 2. The third-order valence-corrected chi connectivity index (χ3v) is 5.73. The zero-order valence-corrected chi connectivity index (χ0v) is 14.3. The number of carbonyl (C=O) groups excluding carboxylic acids is 1. The monoisotopic (exact) mass is 330 g/mol. The summed E-state index contributed by atoms with van der Waals surface area (Å²) in [5.41, 5.74) is 1.41. The van der Waals surface area contributed by atoms with Crippen molar-refractivity contribution in [3.05, 3.63) is 29.8 Å². The fourth-order valence-corrected chi connectivity index (χ4v) is 3.76. The van der Waals surface area contributed by atoms with Crippen molar-refractivity contribution in [2.24, 2.45) is 5.92 Å². The van der Waals surface area contributed by atoms with Gasteiger partial charge >= 0.3 is 6.03 Å². The summed E-state index contributed by atoms with van der Waals surface area (Å²) >= 11 is 0. The summed E-state index contributed by atoms with van der Waals surface area (Å²) in [5.74, 6) is 1.52. The number of morpholine rings is 1. The lowest BCUT2D eigenvalue weighted by molar-refractivity contribution is 0.00463. The number of nitrogens with zero attached hydrogens (tertiary/aromatic N) is 1. The van der Waals surface area contributed by atoms with Crippen LogP contribution in [0.5, 0.6) is 5.75 Å². The molecule has 1 atom stereocenters. The number of hydrogen-bond donors (Lipinski definition) is 1. The Morgan fingerprint density at radius 1 is 1.33 bits per heavy atom. The van der Waals surface area contributed by atoms with Crippen LogP contribution in [0.2, 0.25) is 0 Å². The van der Waals surface area contributed by atoms with E-state index in [-0.39, 0.29) is 17.5 Å². The first kappa shape index (κ1) is 15.8. The van der Waals surface area contributed by atoms with Crippen LogP contribution in [0, 0.1) is 5.92 Å². The lowest BCUT2D eigenvalue weighted by Gasteiger charge is -2.36. The Morgan fingerprint density at radius 2 is 2.08 bits per heavy atom. The van der Waals surface area contributed by atoms with E-state index in [1.807, 2.05) is 17.0 Å². The third-order valence-electron chi connectivity index (χ3n) is 5.73. The number of methoxy groups -OCH3 is 1. The zero-order chi connectivity index (χ0) is 16.6. The molecule has 1 aromatic carbocycles. The van der Waals surface area contributed by atoms with Crippen molar-refractivity contribution in [1.29, 1.82) is 0 Å². The van der Waals surface area contributed by atoms with Gasteiger partial charge in [-0.3, -0.25) is 0 Å². The summed E-state index contributed by atoms with van der Waals surface area (Å²) in [7, 11) is 1.68. The molecular formula is C19H26N2O3.